The molecule has 0 unspecified atom stereocenters. The smallest absolute Gasteiger partial charge is 0.260 e. The van der Waals surface area contributed by atoms with Crippen molar-refractivity contribution in [1.82, 2.24) is 9.80 Å². The molecule has 1 saturated heterocycles. The second-order valence-corrected chi connectivity index (χ2v) is 5.20. The summed E-state index contributed by atoms with van der Waals surface area (Å²) < 4.78 is 5.55. The number of nitrogen functional groups attached to an aromatic ring is 1. The maximum atomic E-state index is 12.1. The monoisotopic (exact) mass is 277 g/mol. The largest absolute Gasteiger partial charge is 0.482 e. The number of anilines is 1. The molecule has 1 heterocycles. The van der Waals surface area contributed by atoms with Crippen LogP contribution in [-0.4, -0.2) is 55.5 Å². The third-order valence-corrected chi connectivity index (χ3v) is 3.69. The number of carbonyl (C=O) groups excluding carboxylic acids is 1. The van der Waals surface area contributed by atoms with Gasteiger partial charge in [0, 0.05) is 26.2 Å². The minimum absolute atomic E-state index is 0.0251. The van der Waals surface area contributed by atoms with E-state index in [0.29, 0.717) is 11.4 Å². The van der Waals surface area contributed by atoms with E-state index in [1.807, 2.05) is 23.1 Å². The summed E-state index contributed by atoms with van der Waals surface area (Å²) in [5.41, 5.74) is 7.68. The highest BCUT2D eigenvalue weighted by molar-refractivity contribution is 5.78. The summed E-state index contributed by atoms with van der Waals surface area (Å²) in [6, 6.07) is 5.72. The summed E-state index contributed by atoms with van der Waals surface area (Å²) in [4.78, 5) is 16.1. The van der Waals surface area contributed by atoms with Crippen LogP contribution in [0, 0.1) is 0 Å². The zero-order chi connectivity index (χ0) is 14.5. The van der Waals surface area contributed by atoms with Gasteiger partial charge in [0.15, 0.2) is 6.61 Å². The second-order valence-electron chi connectivity index (χ2n) is 5.20. The first kappa shape index (κ1) is 14.7. The standard InChI is InChI=1S/C15H23N3O2/c1-3-12-4-5-14(13(16)10-12)20-11-15(19)18-8-6-17(2)7-9-18/h4-5,10H,3,6-9,11,16H2,1-2H3. The molecule has 0 aromatic heterocycles. The molecule has 0 saturated carbocycles. The zero-order valence-corrected chi connectivity index (χ0v) is 12.3. The molecule has 1 aliphatic heterocycles. The lowest BCUT2D eigenvalue weighted by Gasteiger charge is -2.32. The number of carbonyl (C=O) groups is 1. The lowest BCUT2D eigenvalue weighted by atomic mass is 10.1. The van der Waals surface area contributed by atoms with Crippen LogP contribution < -0.4 is 10.5 Å². The normalized spacial score (nSPS) is 16.2. The fourth-order valence-corrected chi connectivity index (χ4v) is 2.24. The molecule has 0 radical (unpaired) electrons. The van der Waals surface area contributed by atoms with Crippen molar-refractivity contribution in [1.29, 1.82) is 0 Å². The van der Waals surface area contributed by atoms with Gasteiger partial charge >= 0.3 is 0 Å². The first-order valence-electron chi connectivity index (χ1n) is 7.07. The van der Waals surface area contributed by atoms with Gasteiger partial charge in [-0.15, -0.1) is 0 Å². The predicted molar refractivity (Wildman–Crippen MR) is 79.8 cm³/mol. The molecule has 5 heteroatoms. The van der Waals surface area contributed by atoms with Crippen molar-refractivity contribution in [2.45, 2.75) is 13.3 Å². The lowest BCUT2D eigenvalue weighted by Crippen LogP contribution is -2.48. The molecule has 2 rings (SSSR count). The Kier molecular flexibility index (Phi) is 4.84. The number of likely N-dealkylation sites (N-methyl/N-ethyl adjacent to an activating group) is 1. The van der Waals surface area contributed by atoms with Crippen molar-refractivity contribution < 1.29 is 9.53 Å². The number of nitrogens with zero attached hydrogens (tertiary/aromatic N) is 2. The Hall–Kier alpha value is -1.75. The lowest BCUT2D eigenvalue weighted by molar-refractivity contribution is -0.134. The zero-order valence-electron chi connectivity index (χ0n) is 12.3. The van der Waals surface area contributed by atoms with Crippen LogP contribution in [0.2, 0.25) is 0 Å². The fraction of sp³-hybridized carbons (Fsp3) is 0.533. The molecule has 0 atom stereocenters. The molecule has 110 valence electrons. The third kappa shape index (κ3) is 3.63. The van der Waals surface area contributed by atoms with Crippen LogP contribution in [0.1, 0.15) is 12.5 Å². The molecule has 1 aromatic carbocycles. The Bertz CT molecular complexity index is 468. The molecule has 1 aromatic rings. The quantitative estimate of drug-likeness (QED) is 0.834. The number of benzene rings is 1. The third-order valence-electron chi connectivity index (χ3n) is 3.69. The van der Waals surface area contributed by atoms with E-state index >= 15 is 0 Å². The number of piperazine rings is 1. The number of hydrogen-bond acceptors (Lipinski definition) is 4. The second kappa shape index (κ2) is 6.61. The number of ether oxygens (including phenoxy) is 1. The van der Waals surface area contributed by atoms with Crippen molar-refractivity contribution in [3.63, 3.8) is 0 Å². The van der Waals surface area contributed by atoms with Gasteiger partial charge in [0.25, 0.3) is 5.91 Å². The Morgan fingerprint density at radius 3 is 2.60 bits per heavy atom. The van der Waals surface area contributed by atoms with Gasteiger partial charge in [0.05, 0.1) is 5.69 Å². The van der Waals surface area contributed by atoms with Gasteiger partial charge in [0.2, 0.25) is 0 Å². The van der Waals surface area contributed by atoms with Gasteiger partial charge in [-0.25, -0.2) is 0 Å². The Labute approximate surface area is 120 Å². The summed E-state index contributed by atoms with van der Waals surface area (Å²) in [5, 5.41) is 0. The van der Waals surface area contributed by atoms with Crippen molar-refractivity contribution in [3.8, 4) is 5.75 Å². The minimum Gasteiger partial charge on any atom is -0.482 e. The van der Waals surface area contributed by atoms with E-state index in [-0.39, 0.29) is 12.5 Å². The highest BCUT2D eigenvalue weighted by Crippen LogP contribution is 2.22. The molecule has 2 N–H and O–H groups in total. The summed E-state index contributed by atoms with van der Waals surface area (Å²) in [6.07, 6.45) is 0.935. The Balaban J connectivity index is 1.87. The summed E-state index contributed by atoms with van der Waals surface area (Å²) in [5.74, 6) is 0.613. The molecule has 20 heavy (non-hydrogen) atoms. The Morgan fingerprint density at radius 2 is 2.00 bits per heavy atom. The molecule has 1 fully saturated rings. The number of nitrogens with two attached hydrogens (primary N) is 1. The number of aryl methyl sites for hydroxylation is 1. The molecule has 5 nitrogen and oxygen atoms in total. The Morgan fingerprint density at radius 1 is 1.30 bits per heavy atom. The van der Waals surface area contributed by atoms with E-state index in [2.05, 4.69) is 18.9 Å². The van der Waals surface area contributed by atoms with E-state index in [4.69, 9.17) is 10.5 Å². The van der Waals surface area contributed by atoms with Crippen LogP contribution in [0.5, 0.6) is 5.75 Å². The van der Waals surface area contributed by atoms with Crippen molar-refractivity contribution in [2.75, 3.05) is 45.6 Å². The van der Waals surface area contributed by atoms with Crippen LogP contribution in [0.15, 0.2) is 18.2 Å². The van der Waals surface area contributed by atoms with E-state index < -0.39 is 0 Å². The van der Waals surface area contributed by atoms with Gasteiger partial charge < -0.3 is 20.3 Å². The van der Waals surface area contributed by atoms with Crippen LogP contribution in [0.25, 0.3) is 0 Å². The topological polar surface area (TPSA) is 58.8 Å². The SMILES string of the molecule is CCc1ccc(OCC(=O)N2CCN(C)CC2)c(N)c1. The van der Waals surface area contributed by atoms with E-state index in [1.165, 1.54) is 5.56 Å². The average molecular weight is 277 g/mol. The van der Waals surface area contributed by atoms with Gasteiger partial charge in [-0.3, -0.25) is 4.79 Å². The van der Waals surface area contributed by atoms with Gasteiger partial charge in [-0.1, -0.05) is 13.0 Å². The summed E-state index contributed by atoms with van der Waals surface area (Å²) in [7, 11) is 2.06. The summed E-state index contributed by atoms with van der Waals surface area (Å²) >= 11 is 0. The van der Waals surface area contributed by atoms with Gasteiger partial charge in [0.1, 0.15) is 5.75 Å². The number of rotatable bonds is 4. The summed E-state index contributed by atoms with van der Waals surface area (Å²) in [6.45, 7) is 5.50. The molecular formula is C15H23N3O2. The first-order valence-corrected chi connectivity index (χ1v) is 7.07. The molecule has 0 spiro atoms. The maximum absolute atomic E-state index is 12.1. The maximum Gasteiger partial charge on any atom is 0.260 e. The highest BCUT2D eigenvalue weighted by atomic mass is 16.5. The average Bonchev–Trinajstić information content (AvgIpc) is 2.46. The minimum atomic E-state index is 0.0251. The van der Waals surface area contributed by atoms with E-state index in [1.54, 1.807) is 0 Å². The van der Waals surface area contributed by atoms with Crippen molar-refractivity contribution in [2.24, 2.45) is 0 Å². The van der Waals surface area contributed by atoms with Crippen LogP contribution >= 0.6 is 0 Å². The molecular weight excluding hydrogens is 254 g/mol. The van der Waals surface area contributed by atoms with Crippen LogP contribution in [0.4, 0.5) is 5.69 Å². The fourth-order valence-electron chi connectivity index (χ4n) is 2.24. The number of amides is 1. The molecule has 1 amide bonds. The molecule has 1 aliphatic rings. The van der Waals surface area contributed by atoms with Gasteiger partial charge in [-0.2, -0.15) is 0 Å². The van der Waals surface area contributed by atoms with Crippen LogP contribution in [0.3, 0.4) is 0 Å². The van der Waals surface area contributed by atoms with Crippen molar-refractivity contribution >= 4 is 11.6 Å². The van der Waals surface area contributed by atoms with Crippen molar-refractivity contribution in [3.05, 3.63) is 23.8 Å². The molecule has 0 bridgehead atoms. The van der Waals surface area contributed by atoms with Gasteiger partial charge in [-0.05, 0) is 31.2 Å². The first-order chi connectivity index (χ1) is 9.60. The molecule has 0 aliphatic carbocycles. The predicted octanol–water partition coefficient (Wildman–Crippen LogP) is 0.984. The van der Waals surface area contributed by atoms with Crippen LogP contribution in [-0.2, 0) is 11.2 Å². The van der Waals surface area contributed by atoms with E-state index in [9.17, 15) is 4.79 Å². The number of hydrogen-bond donors (Lipinski definition) is 1. The highest BCUT2D eigenvalue weighted by Gasteiger charge is 2.19. The van der Waals surface area contributed by atoms with E-state index in [0.717, 1.165) is 32.6 Å².